The first-order chi connectivity index (χ1) is 27.6. The minimum absolute atomic E-state index is 0.422. The SMILES string of the molecule is CC1C=Cc2c(oc3cccc(-c4cc(-c5nc(-c6ccc7ccccc7c6)nc(-c6cccc7oc8ccccc8c67)n5)c5c(c4)oc4ccccc45)c23)C1. The lowest BCUT2D eigenvalue weighted by molar-refractivity contribution is 0.513. The van der Waals surface area contributed by atoms with Crippen molar-refractivity contribution < 1.29 is 13.3 Å². The van der Waals surface area contributed by atoms with E-state index in [-0.39, 0.29) is 0 Å². The van der Waals surface area contributed by atoms with Crippen molar-refractivity contribution in [3.63, 3.8) is 0 Å². The van der Waals surface area contributed by atoms with E-state index in [1.54, 1.807) is 0 Å². The molecular formula is C50H31N3O3. The van der Waals surface area contributed by atoms with E-state index >= 15 is 0 Å². The van der Waals surface area contributed by atoms with Crippen LogP contribution in [-0.4, -0.2) is 15.0 Å². The number of para-hydroxylation sites is 2. The molecule has 264 valence electrons. The third-order valence-electron chi connectivity index (χ3n) is 11.2. The van der Waals surface area contributed by atoms with Crippen LogP contribution in [0.25, 0.3) is 117 Å². The molecule has 0 bridgehead atoms. The summed E-state index contributed by atoms with van der Waals surface area (Å²) in [6, 6.07) is 47.8. The summed E-state index contributed by atoms with van der Waals surface area (Å²) in [5.41, 5.74) is 9.86. The van der Waals surface area contributed by atoms with Crippen molar-refractivity contribution in [1.82, 2.24) is 15.0 Å². The zero-order valence-electron chi connectivity index (χ0n) is 30.3. The lowest BCUT2D eigenvalue weighted by Gasteiger charge is -2.13. The Balaban J connectivity index is 1.17. The van der Waals surface area contributed by atoms with E-state index in [1.807, 2.05) is 48.5 Å². The minimum Gasteiger partial charge on any atom is -0.460 e. The number of benzene rings is 7. The number of hydrogen-bond donors (Lipinski definition) is 0. The molecule has 6 nitrogen and oxygen atoms in total. The van der Waals surface area contributed by atoms with Gasteiger partial charge in [-0.25, -0.2) is 15.0 Å². The Kier molecular flexibility index (Phi) is 6.57. The Morgan fingerprint density at radius 1 is 0.464 bits per heavy atom. The lowest BCUT2D eigenvalue weighted by atomic mass is 9.91. The third kappa shape index (κ3) is 4.72. The normalized spacial score (nSPS) is 14.2. The van der Waals surface area contributed by atoms with Crippen molar-refractivity contribution in [1.29, 1.82) is 0 Å². The van der Waals surface area contributed by atoms with Gasteiger partial charge in [0.2, 0.25) is 0 Å². The zero-order valence-corrected chi connectivity index (χ0v) is 30.3. The molecule has 1 unspecified atom stereocenters. The Bertz CT molecular complexity index is 3440. The van der Waals surface area contributed by atoms with Gasteiger partial charge in [-0.15, -0.1) is 0 Å². The van der Waals surface area contributed by atoms with Gasteiger partial charge in [0.25, 0.3) is 0 Å². The van der Waals surface area contributed by atoms with Crippen LogP contribution in [0.15, 0.2) is 159 Å². The number of aromatic nitrogens is 3. The average molecular weight is 722 g/mol. The second-order valence-corrected chi connectivity index (χ2v) is 14.8. The van der Waals surface area contributed by atoms with Crippen LogP contribution in [0.2, 0.25) is 0 Å². The number of rotatable bonds is 4. The van der Waals surface area contributed by atoms with Crippen molar-refractivity contribution >= 4 is 71.7 Å². The van der Waals surface area contributed by atoms with Gasteiger partial charge in [-0.3, -0.25) is 0 Å². The second-order valence-electron chi connectivity index (χ2n) is 14.8. The maximum Gasteiger partial charge on any atom is 0.164 e. The topological polar surface area (TPSA) is 78.1 Å². The molecule has 1 aliphatic carbocycles. The molecule has 0 saturated carbocycles. The van der Waals surface area contributed by atoms with Crippen molar-refractivity contribution in [2.45, 2.75) is 13.3 Å². The average Bonchev–Trinajstić information content (AvgIpc) is 3.94. The molecule has 0 aliphatic heterocycles. The second kappa shape index (κ2) is 11.8. The van der Waals surface area contributed by atoms with Crippen LogP contribution in [0.5, 0.6) is 0 Å². The summed E-state index contributed by atoms with van der Waals surface area (Å²) < 4.78 is 19.5. The molecule has 1 atom stereocenters. The van der Waals surface area contributed by atoms with E-state index in [2.05, 4.69) is 110 Å². The summed E-state index contributed by atoms with van der Waals surface area (Å²) in [6.45, 7) is 2.22. The number of nitrogens with zero attached hydrogens (tertiary/aromatic N) is 3. The van der Waals surface area contributed by atoms with Crippen molar-refractivity contribution in [3.8, 4) is 45.3 Å². The number of allylic oxidation sites excluding steroid dienone is 1. The summed E-state index contributed by atoms with van der Waals surface area (Å²) >= 11 is 0. The van der Waals surface area contributed by atoms with Crippen LogP contribution in [-0.2, 0) is 6.42 Å². The molecule has 0 N–H and O–H groups in total. The zero-order chi connectivity index (χ0) is 36.9. The molecule has 12 rings (SSSR count). The predicted molar refractivity (Wildman–Crippen MR) is 225 cm³/mol. The van der Waals surface area contributed by atoms with Crippen LogP contribution in [0.1, 0.15) is 18.2 Å². The highest BCUT2D eigenvalue weighted by Gasteiger charge is 2.24. The Morgan fingerprint density at radius 2 is 1.09 bits per heavy atom. The summed E-state index contributed by atoms with van der Waals surface area (Å²) in [6.07, 6.45) is 5.36. The van der Waals surface area contributed by atoms with Gasteiger partial charge < -0.3 is 13.3 Å². The molecule has 56 heavy (non-hydrogen) atoms. The predicted octanol–water partition coefficient (Wildman–Crippen LogP) is 13.4. The number of hydrogen-bond acceptors (Lipinski definition) is 6. The van der Waals surface area contributed by atoms with E-state index in [0.717, 1.165) is 111 Å². The maximum atomic E-state index is 6.65. The van der Waals surface area contributed by atoms with Gasteiger partial charge in [0.15, 0.2) is 17.5 Å². The monoisotopic (exact) mass is 721 g/mol. The van der Waals surface area contributed by atoms with Gasteiger partial charge in [0.1, 0.15) is 33.7 Å². The molecule has 0 spiro atoms. The largest absolute Gasteiger partial charge is 0.460 e. The fourth-order valence-electron chi connectivity index (χ4n) is 8.63. The molecule has 11 aromatic rings. The molecule has 7 aromatic carbocycles. The van der Waals surface area contributed by atoms with Gasteiger partial charge in [-0.2, -0.15) is 0 Å². The summed E-state index contributed by atoms with van der Waals surface area (Å²) in [4.78, 5) is 15.9. The highest BCUT2D eigenvalue weighted by atomic mass is 16.3. The summed E-state index contributed by atoms with van der Waals surface area (Å²) in [5, 5.41) is 7.29. The van der Waals surface area contributed by atoms with Gasteiger partial charge in [0.05, 0.1) is 0 Å². The Morgan fingerprint density at radius 3 is 1.89 bits per heavy atom. The van der Waals surface area contributed by atoms with Crippen LogP contribution in [0.4, 0.5) is 0 Å². The molecule has 4 heterocycles. The summed E-state index contributed by atoms with van der Waals surface area (Å²) in [7, 11) is 0. The fourth-order valence-corrected chi connectivity index (χ4v) is 8.63. The van der Waals surface area contributed by atoms with Gasteiger partial charge in [-0.1, -0.05) is 116 Å². The minimum atomic E-state index is 0.422. The van der Waals surface area contributed by atoms with E-state index in [1.165, 1.54) is 0 Å². The highest BCUT2D eigenvalue weighted by Crippen LogP contribution is 2.44. The lowest BCUT2D eigenvalue weighted by Crippen LogP contribution is -2.01. The van der Waals surface area contributed by atoms with Gasteiger partial charge >= 0.3 is 0 Å². The Labute approximate surface area is 320 Å². The van der Waals surface area contributed by atoms with Crippen LogP contribution < -0.4 is 0 Å². The molecule has 4 aromatic heterocycles. The first-order valence-electron chi connectivity index (χ1n) is 19.0. The first kappa shape index (κ1) is 31.1. The third-order valence-corrected chi connectivity index (χ3v) is 11.2. The molecule has 0 saturated heterocycles. The van der Waals surface area contributed by atoms with Gasteiger partial charge in [0, 0.05) is 55.6 Å². The smallest absolute Gasteiger partial charge is 0.164 e. The molecular weight excluding hydrogens is 691 g/mol. The quantitative estimate of drug-likeness (QED) is 0.180. The first-order valence-corrected chi connectivity index (χ1v) is 19.0. The van der Waals surface area contributed by atoms with Crippen molar-refractivity contribution in [2.75, 3.05) is 0 Å². The van der Waals surface area contributed by atoms with Crippen molar-refractivity contribution in [2.24, 2.45) is 5.92 Å². The van der Waals surface area contributed by atoms with Crippen LogP contribution in [0, 0.1) is 5.92 Å². The molecule has 0 fully saturated rings. The maximum absolute atomic E-state index is 6.65. The summed E-state index contributed by atoms with van der Waals surface area (Å²) in [5.74, 6) is 3.14. The number of furan rings is 3. The van der Waals surface area contributed by atoms with Gasteiger partial charge in [-0.05, 0) is 70.3 Å². The molecule has 0 amide bonds. The molecule has 0 radical (unpaired) electrons. The Hall–Kier alpha value is -7.31. The van der Waals surface area contributed by atoms with E-state index in [4.69, 9.17) is 28.2 Å². The number of fused-ring (bicyclic) bond motifs is 10. The van der Waals surface area contributed by atoms with E-state index < -0.39 is 0 Å². The fraction of sp³-hybridized carbons (Fsp3) is 0.0600. The van der Waals surface area contributed by atoms with Crippen LogP contribution in [0.3, 0.4) is 0 Å². The van der Waals surface area contributed by atoms with E-state index in [9.17, 15) is 0 Å². The molecule has 1 aliphatic rings. The van der Waals surface area contributed by atoms with Crippen LogP contribution >= 0.6 is 0 Å². The standard InChI is InChI=1S/C50H31N3O3/c1-28-20-23-36-43(24-28)56-41-18-8-14-33(45(36)41)32-26-38(47-35-13-5-7-17-40(35)55-44(47)27-32)50-52-48(31-22-21-29-10-2-3-11-30(29)25-31)51-49(53-50)37-15-9-19-42-46(37)34-12-4-6-16-39(34)54-42/h2-23,25-28H,24H2,1H3. The molecule has 6 heteroatoms. The van der Waals surface area contributed by atoms with E-state index in [0.29, 0.717) is 23.4 Å². The highest BCUT2D eigenvalue weighted by molar-refractivity contribution is 6.15. The van der Waals surface area contributed by atoms with Crippen molar-refractivity contribution in [3.05, 3.63) is 157 Å².